The van der Waals surface area contributed by atoms with Gasteiger partial charge in [-0.25, -0.2) is 9.78 Å². The number of carbonyl (C=O) groups is 2. The first-order chi connectivity index (χ1) is 12.5. The molecule has 138 valence electrons. The van der Waals surface area contributed by atoms with Crippen molar-refractivity contribution in [2.75, 3.05) is 0 Å². The molecule has 1 aliphatic carbocycles. The zero-order chi connectivity index (χ0) is 18.7. The minimum absolute atomic E-state index is 0.0929. The van der Waals surface area contributed by atoms with Crippen LogP contribution in [-0.4, -0.2) is 33.0 Å². The second kappa shape index (κ2) is 7.91. The van der Waals surface area contributed by atoms with Gasteiger partial charge in [0.25, 0.3) is 5.91 Å². The van der Waals surface area contributed by atoms with E-state index in [4.69, 9.17) is 16.7 Å². The molecule has 0 radical (unpaired) electrons. The zero-order valence-corrected chi connectivity index (χ0v) is 15.3. The van der Waals surface area contributed by atoms with Gasteiger partial charge in [0, 0.05) is 6.04 Å². The standard InChI is InChI=1S/C19H22ClN3O3/c1-2-15-16(20)23-17(22-15)18(24)21-14-8-6-11(7-9-14)12-4-3-5-13(10-12)19(25)26/h3-5,10-11,14H,2,6-9H2,1H3,(H,21,24)(H,22,23)(H,25,26)/t11-,14-. The van der Waals surface area contributed by atoms with Crippen molar-refractivity contribution in [2.45, 2.75) is 51.0 Å². The number of aromatic carboxylic acids is 1. The highest BCUT2D eigenvalue weighted by Gasteiger charge is 2.25. The average Bonchev–Trinajstić information content (AvgIpc) is 3.03. The maximum Gasteiger partial charge on any atom is 0.335 e. The maximum absolute atomic E-state index is 12.3. The Bertz CT molecular complexity index is 810. The van der Waals surface area contributed by atoms with Crippen molar-refractivity contribution in [3.63, 3.8) is 0 Å². The Kier molecular flexibility index (Phi) is 5.61. The van der Waals surface area contributed by atoms with Crippen molar-refractivity contribution in [1.82, 2.24) is 15.3 Å². The number of aryl methyl sites for hydroxylation is 1. The van der Waals surface area contributed by atoms with Gasteiger partial charge in [-0.1, -0.05) is 30.7 Å². The van der Waals surface area contributed by atoms with Crippen LogP contribution in [0.1, 0.15) is 70.8 Å². The van der Waals surface area contributed by atoms with Crippen LogP contribution in [0.2, 0.25) is 5.15 Å². The van der Waals surface area contributed by atoms with Gasteiger partial charge in [0.15, 0.2) is 11.0 Å². The molecule has 7 heteroatoms. The monoisotopic (exact) mass is 375 g/mol. The van der Waals surface area contributed by atoms with Gasteiger partial charge in [0.2, 0.25) is 0 Å². The lowest BCUT2D eigenvalue weighted by atomic mass is 9.81. The molecule has 2 aromatic rings. The molecular formula is C19H22ClN3O3. The molecule has 0 unspecified atom stereocenters. The Hall–Kier alpha value is -2.34. The van der Waals surface area contributed by atoms with E-state index in [2.05, 4.69) is 15.3 Å². The Labute approximate surface area is 157 Å². The van der Waals surface area contributed by atoms with Crippen LogP contribution in [0.15, 0.2) is 24.3 Å². The predicted molar refractivity (Wildman–Crippen MR) is 98.8 cm³/mol. The molecule has 26 heavy (non-hydrogen) atoms. The van der Waals surface area contributed by atoms with E-state index in [1.807, 2.05) is 13.0 Å². The van der Waals surface area contributed by atoms with Crippen molar-refractivity contribution >= 4 is 23.5 Å². The number of rotatable bonds is 5. The van der Waals surface area contributed by atoms with Crippen molar-refractivity contribution < 1.29 is 14.7 Å². The number of carbonyl (C=O) groups excluding carboxylic acids is 1. The summed E-state index contributed by atoms with van der Waals surface area (Å²) in [6.45, 7) is 1.95. The second-order valence-corrected chi connectivity index (χ2v) is 7.02. The van der Waals surface area contributed by atoms with Gasteiger partial charge in [-0.15, -0.1) is 0 Å². The lowest BCUT2D eigenvalue weighted by Gasteiger charge is -2.29. The normalized spacial score (nSPS) is 19.9. The summed E-state index contributed by atoms with van der Waals surface area (Å²) in [5.41, 5.74) is 2.14. The summed E-state index contributed by atoms with van der Waals surface area (Å²) in [4.78, 5) is 30.5. The third-order valence-electron chi connectivity index (χ3n) is 4.96. The van der Waals surface area contributed by atoms with E-state index < -0.39 is 5.97 Å². The number of aromatic amines is 1. The largest absolute Gasteiger partial charge is 0.478 e. The summed E-state index contributed by atoms with van der Waals surface area (Å²) in [6.07, 6.45) is 4.21. The van der Waals surface area contributed by atoms with Crippen LogP contribution in [-0.2, 0) is 6.42 Å². The van der Waals surface area contributed by atoms with Gasteiger partial charge in [-0.05, 0) is 55.7 Å². The molecule has 1 fully saturated rings. The number of aromatic nitrogens is 2. The SMILES string of the molecule is CCc1[nH]c(C(=O)N[C@H]2CC[C@H](c3cccc(C(=O)O)c3)CC2)nc1Cl. The molecule has 0 saturated heterocycles. The number of carboxylic acid groups (broad SMARTS) is 1. The fourth-order valence-electron chi connectivity index (χ4n) is 3.48. The third-order valence-corrected chi connectivity index (χ3v) is 5.28. The van der Waals surface area contributed by atoms with E-state index in [-0.39, 0.29) is 17.8 Å². The molecule has 3 N–H and O–H groups in total. The maximum atomic E-state index is 12.3. The highest BCUT2D eigenvalue weighted by atomic mass is 35.5. The number of amides is 1. The number of imidazole rings is 1. The van der Waals surface area contributed by atoms with Crippen molar-refractivity contribution in [2.24, 2.45) is 0 Å². The summed E-state index contributed by atoms with van der Waals surface area (Å²) >= 11 is 5.99. The molecule has 0 aliphatic heterocycles. The topological polar surface area (TPSA) is 95.1 Å². The van der Waals surface area contributed by atoms with E-state index in [9.17, 15) is 9.59 Å². The lowest BCUT2D eigenvalue weighted by molar-refractivity contribution is 0.0696. The molecule has 0 bridgehead atoms. The Morgan fingerprint density at radius 3 is 2.65 bits per heavy atom. The minimum Gasteiger partial charge on any atom is -0.478 e. The first kappa shape index (κ1) is 18.5. The van der Waals surface area contributed by atoms with Crippen LogP contribution in [0.25, 0.3) is 0 Å². The van der Waals surface area contributed by atoms with Gasteiger partial charge in [0.1, 0.15) is 0 Å². The van der Waals surface area contributed by atoms with Crippen molar-refractivity contribution in [1.29, 1.82) is 0 Å². The van der Waals surface area contributed by atoms with E-state index in [1.54, 1.807) is 18.2 Å². The highest BCUT2D eigenvalue weighted by molar-refractivity contribution is 6.30. The quantitative estimate of drug-likeness (QED) is 0.741. The van der Waals surface area contributed by atoms with Gasteiger partial charge in [-0.3, -0.25) is 4.79 Å². The molecule has 1 amide bonds. The first-order valence-corrected chi connectivity index (χ1v) is 9.24. The fraction of sp³-hybridized carbons (Fsp3) is 0.421. The molecule has 0 spiro atoms. The van der Waals surface area contributed by atoms with E-state index >= 15 is 0 Å². The van der Waals surface area contributed by atoms with Gasteiger partial charge in [0.05, 0.1) is 11.3 Å². The van der Waals surface area contributed by atoms with E-state index in [1.165, 1.54) is 0 Å². The number of halogens is 1. The van der Waals surface area contributed by atoms with Crippen molar-refractivity contribution in [3.05, 3.63) is 52.1 Å². The van der Waals surface area contributed by atoms with Crippen LogP contribution in [0.5, 0.6) is 0 Å². The second-order valence-electron chi connectivity index (χ2n) is 6.66. The Morgan fingerprint density at radius 1 is 1.31 bits per heavy atom. The molecule has 3 rings (SSSR count). The number of nitrogens with zero attached hydrogens (tertiary/aromatic N) is 1. The number of benzene rings is 1. The highest BCUT2D eigenvalue weighted by Crippen LogP contribution is 2.33. The molecule has 1 heterocycles. The third kappa shape index (κ3) is 4.07. The van der Waals surface area contributed by atoms with Gasteiger partial charge < -0.3 is 15.4 Å². The van der Waals surface area contributed by atoms with Crippen LogP contribution < -0.4 is 5.32 Å². The zero-order valence-electron chi connectivity index (χ0n) is 14.6. The summed E-state index contributed by atoms with van der Waals surface area (Å²) in [7, 11) is 0. The average molecular weight is 376 g/mol. The molecular weight excluding hydrogens is 354 g/mol. The Balaban J connectivity index is 1.57. The lowest BCUT2D eigenvalue weighted by Crippen LogP contribution is -2.37. The predicted octanol–water partition coefficient (Wildman–Crippen LogP) is 3.78. The van der Waals surface area contributed by atoms with Crippen LogP contribution >= 0.6 is 11.6 Å². The van der Waals surface area contributed by atoms with Crippen LogP contribution in [0, 0.1) is 0 Å². The fourth-order valence-corrected chi connectivity index (χ4v) is 3.75. The van der Waals surface area contributed by atoms with Crippen molar-refractivity contribution in [3.8, 4) is 0 Å². The molecule has 1 aromatic heterocycles. The van der Waals surface area contributed by atoms with E-state index in [0.717, 1.165) is 36.9 Å². The van der Waals surface area contributed by atoms with Gasteiger partial charge >= 0.3 is 5.97 Å². The summed E-state index contributed by atoms with van der Waals surface area (Å²) in [6, 6.07) is 7.22. The molecule has 6 nitrogen and oxygen atoms in total. The van der Waals surface area contributed by atoms with E-state index in [0.29, 0.717) is 23.1 Å². The number of hydrogen-bond donors (Lipinski definition) is 3. The molecule has 0 atom stereocenters. The Morgan fingerprint density at radius 2 is 2.04 bits per heavy atom. The number of H-pyrrole nitrogens is 1. The molecule has 1 aromatic carbocycles. The molecule has 1 aliphatic rings. The van der Waals surface area contributed by atoms with Gasteiger partial charge in [-0.2, -0.15) is 0 Å². The number of carboxylic acids is 1. The summed E-state index contributed by atoms with van der Waals surface area (Å²) in [5, 5.41) is 12.5. The minimum atomic E-state index is -0.906. The summed E-state index contributed by atoms with van der Waals surface area (Å²) < 4.78 is 0. The van der Waals surface area contributed by atoms with Crippen LogP contribution in [0.3, 0.4) is 0 Å². The van der Waals surface area contributed by atoms with Crippen LogP contribution in [0.4, 0.5) is 0 Å². The smallest absolute Gasteiger partial charge is 0.335 e. The summed E-state index contributed by atoms with van der Waals surface area (Å²) in [5.74, 6) is -0.561. The molecule has 1 saturated carbocycles. The number of nitrogens with one attached hydrogen (secondary N) is 2. The first-order valence-electron chi connectivity index (χ1n) is 8.86. The number of hydrogen-bond acceptors (Lipinski definition) is 3.